The van der Waals surface area contributed by atoms with Gasteiger partial charge in [-0.15, -0.1) is 0 Å². The Labute approximate surface area is 313 Å². The first-order valence-electron chi connectivity index (χ1n) is 21.4. The van der Waals surface area contributed by atoms with Crippen molar-refractivity contribution in [1.82, 2.24) is 0 Å². The van der Waals surface area contributed by atoms with Crippen LogP contribution in [0, 0.1) is 5.41 Å². The van der Waals surface area contributed by atoms with Crippen molar-refractivity contribution in [1.29, 1.82) is 0 Å². The fourth-order valence-corrected chi connectivity index (χ4v) is 26.4. The summed E-state index contributed by atoms with van der Waals surface area (Å²) in [6, 6.07) is 0. The fourth-order valence-electron chi connectivity index (χ4n) is 11.6. The van der Waals surface area contributed by atoms with E-state index >= 15 is 0 Å². The van der Waals surface area contributed by atoms with Crippen molar-refractivity contribution in [2.75, 3.05) is 18.5 Å². The monoisotopic (exact) mass is 806 g/mol. The molecule has 0 saturated heterocycles. The minimum Gasteiger partial charge on any atom is -0.0972 e. The van der Waals surface area contributed by atoms with Gasteiger partial charge < -0.3 is 0 Å². The second kappa shape index (κ2) is 23.5. The summed E-state index contributed by atoms with van der Waals surface area (Å²) in [4.78, 5) is 0. The van der Waals surface area contributed by atoms with Gasteiger partial charge in [-0.1, -0.05) is 68.1 Å². The van der Waals surface area contributed by atoms with E-state index in [0.29, 0.717) is 5.41 Å². The molecule has 1 aromatic heterocycles. The molecule has 5 saturated carbocycles. The first-order valence-corrected chi connectivity index (χ1v) is 33.0. The number of rotatable bonds is 14. The summed E-state index contributed by atoms with van der Waals surface area (Å²) in [6.45, 7) is 8.29. The van der Waals surface area contributed by atoms with E-state index in [9.17, 15) is 0 Å². The SMILES string of the molecule is CCCC(C)[PH+](CC(C)(C[PH+](C1CCCCC1)C1CCCCC1)C[PH+](C1CCCCC1)C1CCCCC1)C1CCCCC1.[Co].[pH]1[pH][pH]1. The Bertz CT molecular complexity index is 775. The third-order valence-corrected chi connectivity index (χ3v) is 30.7. The molecule has 1 radical (unpaired) electrons. The molecule has 7 heteroatoms. The molecule has 0 bridgehead atoms. The van der Waals surface area contributed by atoms with E-state index in [2.05, 4.69) is 20.8 Å². The molecule has 2 unspecified atom stereocenters. The van der Waals surface area contributed by atoms with Gasteiger partial charge in [0.15, 0.2) is 0 Å². The third-order valence-electron chi connectivity index (χ3n) is 14.0. The molecule has 0 N–H and O–H groups in total. The van der Waals surface area contributed by atoms with Crippen LogP contribution >= 0.6 is 46.4 Å². The van der Waals surface area contributed by atoms with Crippen molar-refractivity contribution in [3.8, 4) is 0 Å². The molecule has 2 atom stereocenters. The van der Waals surface area contributed by atoms with Crippen molar-refractivity contribution >= 4 is 46.4 Å². The minimum absolute atomic E-state index is 0. The van der Waals surface area contributed by atoms with Gasteiger partial charge in [-0.25, -0.2) is 0 Å². The molecule has 6 rings (SSSR count). The molecule has 5 fully saturated rings. The Morgan fingerprint density at radius 2 is 0.787 bits per heavy atom. The standard InChI is InChI=1S/C40H75P3.Co.H3P3/c1-4-20-34(2)41(35-21-10-5-11-22-35)31-40(3,32-42(36-23-12-6-13-24-36)37-25-14-7-15-26-37)33-43(38-27-16-8-17-28-38)39-29-18-9-19-30-39;;1-2-3-1/h34-39H,4-33H2,1-3H3;;1-3H/p+3. The van der Waals surface area contributed by atoms with E-state index in [1.165, 1.54) is 64.5 Å². The van der Waals surface area contributed by atoms with Crippen LogP contribution in [0.2, 0.25) is 0 Å². The Morgan fingerprint density at radius 1 is 0.489 bits per heavy atom. The van der Waals surface area contributed by atoms with E-state index in [0.717, 1.165) is 11.3 Å². The quantitative estimate of drug-likeness (QED) is 0.164. The molecule has 0 aliphatic heterocycles. The molecule has 0 amide bonds. The zero-order valence-electron chi connectivity index (χ0n) is 31.5. The third kappa shape index (κ3) is 14.5. The Balaban J connectivity index is 0.00000118. The Hall–Kier alpha value is 2.70. The maximum atomic E-state index is 3.02. The molecule has 1 aromatic rings. The fraction of sp³-hybridized carbons (Fsp3) is 1.00. The minimum atomic E-state index is -0.320. The van der Waals surface area contributed by atoms with Gasteiger partial charge in [-0.2, -0.15) is 0 Å². The van der Waals surface area contributed by atoms with Crippen molar-refractivity contribution in [2.24, 2.45) is 5.41 Å². The Kier molecular flexibility index (Phi) is 21.2. The van der Waals surface area contributed by atoms with Crippen LogP contribution in [0.25, 0.3) is 0 Å². The van der Waals surface area contributed by atoms with Crippen LogP contribution in [0.5, 0.6) is 0 Å². The maximum Gasteiger partial charge on any atom is 0.0700 e. The van der Waals surface area contributed by atoms with Gasteiger partial charge in [0.25, 0.3) is 0 Å². The van der Waals surface area contributed by atoms with Gasteiger partial charge in [0, 0.05) is 40.5 Å². The zero-order valence-corrected chi connectivity index (χ0v) is 38.6. The topological polar surface area (TPSA) is 0 Å². The van der Waals surface area contributed by atoms with Crippen LogP contribution in [0.15, 0.2) is 0 Å². The second-order valence-corrected chi connectivity index (χ2v) is 37.1. The molecule has 47 heavy (non-hydrogen) atoms. The molecule has 5 aliphatic rings. The maximum absolute atomic E-state index is 3.02. The first-order chi connectivity index (χ1) is 22.6. The van der Waals surface area contributed by atoms with Gasteiger partial charge in [-0.05, 0) is 149 Å². The molecule has 5 aliphatic carbocycles. The van der Waals surface area contributed by atoms with Gasteiger partial charge in [0.05, 0.1) is 57.9 Å². The van der Waals surface area contributed by atoms with Crippen LogP contribution in [0.4, 0.5) is 0 Å². The van der Waals surface area contributed by atoms with E-state index in [4.69, 9.17) is 0 Å². The van der Waals surface area contributed by atoms with E-state index in [-0.39, 0.29) is 40.5 Å². The molecule has 0 nitrogen and oxygen atoms in total. The summed E-state index contributed by atoms with van der Waals surface area (Å²) >= 11 is 0. The Morgan fingerprint density at radius 3 is 1.06 bits per heavy atom. The molecule has 1 heterocycles. The summed E-state index contributed by atoms with van der Waals surface area (Å²) in [5, 5.41) is 0. The number of hydrogen-bond acceptors (Lipinski definition) is 0. The van der Waals surface area contributed by atoms with Crippen LogP contribution in [-0.4, -0.2) is 52.4 Å². The first kappa shape index (κ1) is 42.4. The van der Waals surface area contributed by atoms with Crippen molar-refractivity contribution in [3.05, 3.63) is 0 Å². The summed E-state index contributed by atoms with van der Waals surface area (Å²) in [5.41, 5.74) is 7.62. The predicted molar refractivity (Wildman–Crippen MR) is 231 cm³/mol. The van der Waals surface area contributed by atoms with Crippen LogP contribution < -0.4 is 0 Å². The number of hydrogen-bond donors (Lipinski definition) is 0. The molecule has 277 valence electrons. The van der Waals surface area contributed by atoms with Gasteiger partial charge in [-0.3, -0.25) is 0 Å². The van der Waals surface area contributed by atoms with Crippen LogP contribution in [0.1, 0.15) is 194 Å². The molecule has 0 aromatic carbocycles. The van der Waals surface area contributed by atoms with E-state index < -0.39 is 0 Å². The van der Waals surface area contributed by atoms with E-state index in [1.807, 2.05) is 0 Å². The summed E-state index contributed by atoms with van der Waals surface area (Å²) in [7, 11) is 3.27. The van der Waals surface area contributed by atoms with Crippen molar-refractivity contribution in [3.63, 3.8) is 0 Å². The van der Waals surface area contributed by atoms with Crippen molar-refractivity contribution < 1.29 is 16.8 Å². The summed E-state index contributed by atoms with van der Waals surface area (Å²) < 4.78 is 0. The predicted octanol–water partition coefficient (Wildman–Crippen LogP) is 15.3. The summed E-state index contributed by atoms with van der Waals surface area (Å²) in [6.07, 6.45) is 48.0. The molecular weight excluding hydrogens is 725 g/mol. The molecule has 0 spiro atoms. The van der Waals surface area contributed by atoms with Crippen LogP contribution in [-0.2, 0) is 16.8 Å². The van der Waals surface area contributed by atoms with E-state index in [1.54, 1.807) is 173 Å². The largest absolute Gasteiger partial charge is 0.0972 e. The average Bonchev–Trinajstić information content (AvgIpc) is 4.01. The summed E-state index contributed by atoms with van der Waals surface area (Å²) in [5.74, 6) is 0. The normalized spacial score (nSPS) is 25.5. The second-order valence-electron chi connectivity index (χ2n) is 17.8. The van der Waals surface area contributed by atoms with Crippen LogP contribution in [0.3, 0.4) is 0 Å². The van der Waals surface area contributed by atoms with Gasteiger partial charge in [0.2, 0.25) is 0 Å². The van der Waals surface area contributed by atoms with Gasteiger partial charge in [0.1, 0.15) is 0 Å². The average molecular weight is 807 g/mol. The van der Waals surface area contributed by atoms with Gasteiger partial charge >= 0.3 is 0 Å². The zero-order chi connectivity index (χ0) is 32.0. The smallest absolute Gasteiger partial charge is 0.0700 e. The van der Waals surface area contributed by atoms with Crippen molar-refractivity contribution in [2.45, 2.75) is 228 Å². The molecular formula is C40H81CoP6+3.